The molecule has 5 atom stereocenters. The summed E-state index contributed by atoms with van der Waals surface area (Å²) in [5, 5.41) is 14.1. The van der Waals surface area contributed by atoms with Crippen LogP contribution in [0, 0.1) is 17.2 Å². The number of benzene rings is 1. The molecule has 1 unspecified atom stereocenters. The zero-order chi connectivity index (χ0) is 30.2. The number of anilines is 1. The molecule has 0 bridgehead atoms. The number of nitriles is 1. The summed E-state index contributed by atoms with van der Waals surface area (Å²) in [6, 6.07) is 10.0. The molecule has 3 aromatic rings. The first-order valence-corrected chi connectivity index (χ1v) is 14.4. The summed E-state index contributed by atoms with van der Waals surface area (Å²) >= 11 is 0. The van der Waals surface area contributed by atoms with E-state index in [9.17, 15) is 19.3 Å². The second-order valence-corrected chi connectivity index (χ2v) is 10.6. The topological polar surface area (TPSA) is 203 Å². The molecule has 16 heteroatoms. The van der Waals surface area contributed by atoms with Crippen molar-refractivity contribution in [2.75, 3.05) is 11.9 Å². The van der Waals surface area contributed by atoms with E-state index in [1.807, 2.05) is 43.3 Å². The first-order chi connectivity index (χ1) is 20.2. The van der Waals surface area contributed by atoms with Crippen molar-refractivity contribution in [2.24, 2.45) is 5.92 Å². The summed E-state index contributed by atoms with van der Waals surface area (Å²) < 4.78 is 24.2. The van der Waals surface area contributed by atoms with E-state index in [0.29, 0.717) is 6.42 Å². The number of fused-ring (bicyclic) bond motifs is 1. The Balaban J connectivity index is 1.65. The van der Waals surface area contributed by atoms with Crippen molar-refractivity contribution in [3.8, 4) is 6.07 Å². The number of ether oxygens (including phenoxy) is 2. The molecule has 1 aromatic carbocycles. The fourth-order valence-corrected chi connectivity index (χ4v) is 5.01. The van der Waals surface area contributed by atoms with Gasteiger partial charge in [-0.25, -0.2) is 9.78 Å². The zero-order valence-electron chi connectivity index (χ0n) is 23.2. The van der Waals surface area contributed by atoms with Crippen molar-refractivity contribution >= 4 is 37.7 Å². The lowest BCUT2D eigenvalue weighted by Gasteiger charge is -2.26. The Labute approximate surface area is 242 Å². The second-order valence-electron chi connectivity index (χ2n) is 9.64. The summed E-state index contributed by atoms with van der Waals surface area (Å²) in [5.74, 6) is -0.799. The van der Waals surface area contributed by atoms with Gasteiger partial charge < -0.3 is 28.7 Å². The van der Waals surface area contributed by atoms with Gasteiger partial charge in [0.2, 0.25) is 11.9 Å². The van der Waals surface area contributed by atoms with Gasteiger partial charge in [0.1, 0.15) is 18.8 Å². The molecular formula is C26H32N7O8P. The van der Waals surface area contributed by atoms with Gasteiger partial charge in [-0.1, -0.05) is 51.1 Å². The number of amides is 2. The van der Waals surface area contributed by atoms with Crippen LogP contribution in [0.3, 0.4) is 0 Å². The van der Waals surface area contributed by atoms with Gasteiger partial charge in [-0.2, -0.15) is 10.2 Å². The minimum atomic E-state index is -2.44. The number of nitrogens with zero attached hydrogens (tertiary/aromatic N) is 4. The predicted octanol–water partition coefficient (Wildman–Crippen LogP) is 2.85. The molecule has 1 fully saturated rings. The van der Waals surface area contributed by atoms with Crippen LogP contribution in [0.1, 0.15) is 45.4 Å². The summed E-state index contributed by atoms with van der Waals surface area (Å²) in [6.07, 6.45) is -1.58. The maximum absolute atomic E-state index is 13.0. The molecule has 2 amide bonds. The second kappa shape index (κ2) is 14.3. The number of imidazole rings is 1. The lowest BCUT2D eigenvalue weighted by molar-refractivity contribution is -0.118. The van der Waals surface area contributed by atoms with Crippen molar-refractivity contribution in [2.45, 2.75) is 64.7 Å². The maximum atomic E-state index is 13.0. The Morgan fingerprint density at radius 2 is 2.07 bits per heavy atom. The van der Waals surface area contributed by atoms with Crippen LogP contribution < -0.4 is 16.2 Å². The van der Waals surface area contributed by atoms with Crippen LogP contribution in [-0.2, 0) is 29.9 Å². The minimum Gasteiger partial charge on any atom is -0.445 e. The Hall–Kier alpha value is -3.93. The van der Waals surface area contributed by atoms with Gasteiger partial charge in [-0.05, 0) is 12.0 Å². The first kappa shape index (κ1) is 31.0. The van der Waals surface area contributed by atoms with Gasteiger partial charge in [0.15, 0.2) is 17.4 Å². The number of H-pyrrole nitrogens is 1. The highest BCUT2D eigenvalue weighted by molar-refractivity contribution is 7.40. The van der Waals surface area contributed by atoms with E-state index in [1.54, 1.807) is 13.8 Å². The quantitative estimate of drug-likeness (QED) is 0.176. The van der Waals surface area contributed by atoms with Crippen LogP contribution in [-0.4, -0.2) is 61.3 Å². The number of carbonyl (C=O) groups excluding carboxylic acids is 2. The van der Waals surface area contributed by atoms with E-state index in [4.69, 9.17) is 23.8 Å². The summed E-state index contributed by atoms with van der Waals surface area (Å²) in [4.78, 5) is 59.5. The van der Waals surface area contributed by atoms with E-state index in [1.165, 1.54) is 10.9 Å². The van der Waals surface area contributed by atoms with Crippen molar-refractivity contribution in [1.82, 2.24) is 24.8 Å². The molecule has 4 rings (SSSR count). The number of hydrogen-bond donors (Lipinski definition) is 4. The van der Waals surface area contributed by atoms with E-state index in [0.717, 1.165) is 5.56 Å². The number of hydrogen-bond acceptors (Lipinski definition) is 11. The number of aromatic nitrogens is 4. The summed E-state index contributed by atoms with van der Waals surface area (Å²) in [5.41, 5.74) is 0.246. The highest BCUT2D eigenvalue weighted by Gasteiger charge is 2.48. The van der Waals surface area contributed by atoms with Crippen LogP contribution in [0.2, 0.25) is 0 Å². The number of carbonyl (C=O) groups is 2. The molecule has 0 aliphatic carbocycles. The van der Waals surface area contributed by atoms with Crippen molar-refractivity contribution in [3.05, 3.63) is 52.6 Å². The van der Waals surface area contributed by atoms with Crippen molar-refractivity contribution in [1.29, 1.82) is 5.26 Å². The van der Waals surface area contributed by atoms with Crippen molar-refractivity contribution in [3.63, 3.8) is 0 Å². The third kappa shape index (κ3) is 7.47. The number of alkyl carbamates (subject to hydrolysis) is 1. The predicted molar refractivity (Wildman–Crippen MR) is 150 cm³/mol. The Morgan fingerprint density at radius 1 is 1.31 bits per heavy atom. The molecule has 224 valence electrons. The molecule has 0 spiro atoms. The van der Waals surface area contributed by atoms with E-state index in [-0.39, 0.29) is 48.6 Å². The molecule has 42 heavy (non-hydrogen) atoms. The molecule has 1 aliphatic heterocycles. The van der Waals surface area contributed by atoms with E-state index < -0.39 is 44.7 Å². The molecule has 2 aromatic heterocycles. The molecule has 0 saturated carbocycles. The Kier molecular flexibility index (Phi) is 10.6. The van der Waals surface area contributed by atoms with Crippen LogP contribution in [0.15, 0.2) is 41.5 Å². The van der Waals surface area contributed by atoms with Gasteiger partial charge >= 0.3 is 14.7 Å². The van der Waals surface area contributed by atoms with Crippen molar-refractivity contribution < 1.29 is 33.0 Å². The smallest absolute Gasteiger partial charge is 0.407 e. The first-order valence-electron chi connectivity index (χ1n) is 13.3. The van der Waals surface area contributed by atoms with Gasteiger partial charge in [-0.15, -0.1) is 0 Å². The molecular weight excluding hydrogens is 569 g/mol. The van der Waals surface area contributed by atoms with E-state index in [2.05, 4.69) is 25.6 Å². The summed E-state index contributed by atoms with van der Waals surface area (Å²) in [7, 11) is -2.44. The maximum Gasteiger partial charge on any atom is 0.407 e. The van der Waals surface area contributed by atoms with Crippen LogP contribution in [0.25, 0.3) is 11.2 Å². The number of rotatable bonds is 12. The molecule has 1 saturated heterocycles. The molecule has 15 nitrogen and oxygen atoms in total. The molecule has 1 aliphatic rings. The Bertz CT molecular complexity index is 1470. The van der Waals surface area contributed by atoms with Gasteiger partial charge in [0, 0.05) is 5.92 Å². The zero-order valence-corrected chi connectivity index (χ0v) is 24.1. The average molecular weight is 602 g/mol. The van der Waals surface area contributed by atoms with Crippen LogP contribution in [0.4, 0.5) is 10.7 Å². The van der Waals surface area contributed by atoms with Gasteiger partial charge in [0.25, 0.3) is 5.56 Å². The fraction of sp³-hybridized carbons (Fsp3) is 0.462. The fourth-order valence-electron chi connectivity index (χ4n) is 4.23. The standard InChI is InChI=1S/C26H32N7O8P/c1-4-17-20(41-42(37)39-12-8-11-27)18(29-26(36)38-13-16-9-6-5-7-10-16)24(40-17)33-14-28-19-21(33)30-25(32-23(19)35)31-22(34)15(2)3/h5-7,9-10,14-15,17-18,20,24,37H,4,8,12-13H2,1-3H3,(H,29,36)(H2,30,31,32,34,35)/t17-,18-,20-,24-,42?/m1/s1. The molecule has 3 heterocycles. The van der Waals surface area contributed by atoms with Gasteiger partial charge in [-0.3, -0.25) is 24.5 Å². The monoisotopic (exact) mass is 601 g/mol. The molecule has 0 radical (unpaired) electrons. The largest absolute Gasteiger partial charge is 0.445 e. The highest BCUT2D eigenvalue weighted by atomic mass is 31.2. The van der Waals surface area contributed by atoms with Crippen LogP contribution in [0.5, 0.6) is 0 Å². The average Bonchev–Trinajstić information content (AvgIpc) is 3.54. The molecule has 4 N–H and O–H groups in total. The SMILES string of the molecule is CC[C@H]1O[C@@H](n2cnc3c(=O)[nH]c(NC(=O)C(C)C)nc32)[C@H](NC(=O)OCc2ccccc2)[C@@H]1OP(O)OCCC#N. The third-order valence-electron chi connectivity index (χ3n) is 6.34. The minimum absolute atomic E-state index is 0.00146. The van der Waals surface area contributed by atoms with E-state index >= 15 is 0 Å². The lowest BCUT2D eigenvalue weighted by Crippen LogP contribution is -2.47. The number of aromatic amines is 1. The summed E-state index contributed by atoms with van der Waals surface area (Å²) in [6.45, 7) is 5.18. The van der Waals surface area contributed by atoms with Gasteiger partial charge in [0.05, 0.1) is 31.5 Å². The number of nitrogens with one attached hydrogen (secondary N) is 3. The lowest BCUT2D eigenvalue weighted by atomic mass is 10.1. The Morgan fingerprint density at radius 3 is 2.76 bits per heavy atom. The third-order valence-corrected chi connectivity index (χ3v) is 7.17. The highest BCUT2D eigenvalue weighted by Crippen LogP contribution is 2.43. The van der Waals surface area contributed by atoms with Crippen LogP contribution >= 0.6 is 8.60 Å². The normalized spacial score (nSPS) is 20.8.